The molecule has 0 aromatic carbocycles. The summed E-state index contributed by atoms with van der Waals surface area (Å²) in [4.78, 5) is 7.13. The lowest BCUT2D eigenvalue weighted by Gasteiger charge is -2.31. The second kappa shape index (κ2) is 5.48. The molecule has 2 nitrogen and oxygen atoms in total. The van der Waals surface area contributed by atoms with Crippen molar-refractivity contribution in [3.8, 4) is 0 Å². The molecule has 1 aliphatic carbocycles. The molecule has 1 aliphatic heterocycles. The standard InChI is InChI=1S/C15H21ClN2/c16-11-13-7-3-9-17-15(13)18-10-4-8-14(18)12-5-1-2-6-12/h3,7,9,12,14H,1-2,4-6,8,10-11H2. The zero-order valence-corrected chi connectivity index (χ0v) is 11.6. The normalized spacial score (nSPS) is 24.9. The number of pyridine rings is 1. The molecule has 98 valence electrons. The van der Waals surface area contributed by atoms with Gasteiger partial charge in [0.1, 0.15) is 5.82 Å². The molecule has 1 saturated heterocycles. The Hall–Kier alpha value is -0.760. The van der Waals surface area contributed by atoms with Gasteiger partial charge < -0.3 is 4.90 Å². The lowest BCUT2D eigenvalue weighted by Crippen LogP contribution is -2.35. The van der Waals surface area contributed by atoms with Gasteiger partial charge in [-0.15, -0.1) is 11.6 Å². The molecule has 0 spiro atoms. The average molecular weight is 265 g/mol. The van der Waals surface area contributed by atoms with E-state index < -0.39 is 0 Å². The molecule has 1 atom stereocenters. The molecule has 2 heterocycles. The third-order valence-electron chi connectivity index (χ3n) is 4.53. The fourth-order valence-corrected chi connectivity index (χ4v) is 3.89. The van der Waals surface area contributed by atoms with E-state index in [0.717, 1.165) is 18.3 Å². The lowest BCUT2D eigenvalue weighted by atomic mass is 9.96. The predicted molar refractivity (Wildman–Crippen MR) is 76.1 cm³/mol. The zero-order chi connectivity index (χ0) is 12.4. The van der Waals surface area contributed by atoms with Crippen LogP contribution in [0.25, 0.3) is 0 Å². The number of aromatic nitrogens is 1. The van der Waals surface area contributed by atoms with Crippen molar-refractivity contribution >= 4 is 17.4 Å². The third kappa shape index (κ3) is 2.23. The van der Waals surface area contributed by atoms with Gasteiger partial charge in [0.25, 0.3) is 0 Å². The van der Waals surface area contributed by atoms with E-state index in [1.165, 1.54) is 44.1 Å². The molecular weight excluding hydrogens is 244 g/mol. The zero-order valence-electron chi connectivity index (χ0n) is 10.8. The van der Waals surface area contributed by atoms with Crippen LogP contribution in [0.4, 0.5) is 5.82 Å². The SMILES string of the molecule is ClCc1cccnc1N1CCCC1C1CCCC1. The summed E-state index contributed by atoms with van der Waals surface area (Å²) in [5, 5.41) is 0. The number of anilines is 1. The number of hydrogen-bond donors (Lipinski definition) is 0. The van der Waals surface area contributed by atoms with Crippen LogP contribution in [0.1, 0.15) is 44.1 Å². The van der Waals surface area contributed by atoms with Gasteiger partial charge >= 0.3 is 0 Å². The molecule has 0 radical (unpaired) electrons. The highest BCUT2D eigenvalue weighted by Crippen LogP contribution is 2.38. The number of hydrogen-bond acceptors (Lipinski definition) is 2. The van der Waals surface area contributed by atoms with Crippen LogP contribution in [-0.4, -0.2) is 17.6 Å². The first-order valence-corrected chi connectivity index (χ1v) is 7.70. The van der Waals surface area contributed by atoms with Crippen molar-refractivity contribution in [1.82, 2.24) is 4.98 Å². The lowest BCUT2D eigenvalue weighted by molar-refractivity contribution is 0.429. The van der Waals surface area contributed by atoms with Gasteiger partial charge in [0, 0.05) is 24.3 Å². The van der Waals surface area contributed by atoms with E-state index in [1.54, 1.807) is 0 Å². The van der Waals surface area contributed by atoms with Crippen LogP contribution in [-0.2, 0) is 5.88 Å². The molecule has 0 bridgehead atoms. The van der Waals surface area contributed by atoms with Gasteiger partial charge in [-0.05, 0) is 37.7 Å². The fraction of sp³-hybridized carbons (Fsp3) is 0.667. The van der Waals surface area contributed by atoms with Crippen molar-refractivity contribution in [3.05, 3.63) is 23.9 Å². The average Bonchev–Trinajstić information content (AvgIpc) is 3.09. The Bertz CT molecular complexity index is 401. The van der Waals surface area contributed by atoms with Gasteiger partial charge in [-0.25, -0.2) is 4.98 Å². The highest BCUT2D eigenvalue weighted by atomic mass is 35.5. The van der Waals surface area contributed by atoms with E-state index >= 15 is 0 Å². The Balaban J connectivity index is 1.85. The second-order valence-corrected chi connectivity index (χ2v) is 5.83. The minimum atomic E-state index is 0.567. The van der Waals surface area contributed by atoms with Crippen LogP contribution in [0.15, 0.2) is 18.3 Å². The smallest absolute Gasteiger partial charge is 0.133 e. The molecule has 0 amide bonds. The largest absolute Gasteiger partial charge is 0.353 e. The van der Waals surface area contributed by atoms with Crippen molar-refractivity contribution in [1.29, 1.82) is 0 Å². The van der Waals surface area contributed by atoms with Crippen molar-refractivity contribution in [3.63, 3.8) is 0 Å². The van der Waals surface area contributed by atoms with Gasteiger partial charge in [-0.1, -0.05) is 18.9 Å². The van der Waals surface area contributed by atoms with Crippen molar-refractivity contribution in [2.75, 3.05) is 11.4 Å². The van der Waals surface area contributed by atoms with Crippen LogP contribution in [0.5, 0.6) is 0 Å². The summed E-state index contributed by atoms with van der Waals surface area (Å²) >= 11 is 6.05. The van der Waals surface area contributed by atoms with E-state index in [4.69, 9.17) is 11.6 Å². The molecule has 1 saturated carbocycles. The highest BCUT2D eigenvalue weighted by Gasteiger charge is 2.34. The molecule has 1 aromatic heterocycles. The number of halogens is 1. The summed E-state index contributed by atoms with van der Waals surface area (Å²) in [7, 11) is 0. The number of nitrogens with zero attached hydrogens (tertiary/aromatic N) is 2. The predicted octanol–water partition coefficient (Wildman–Crippen LogP) is 3.98. The maximum Gasteiger partial charge on any atom is 0.133 e. The van der Waals surface area contributed by atoms with Gasteiger partial charge in [-0.2, -0.15) is 0 Å². The summed E-state index contributed by atoms with van der Waals surface area (Å²) in [5.41, 5.74) is 1.18. The molecular formula is C15H21ClN2. The molecule has 0 N–H and O–H groups in total. The third-order valence-corrected chi connectivity index (χ3v) is 4.81. The van der Waals surface area contributed by atoms with Gasteiger partial charge in [0.2, 0.25) is 0 Å². The van der Waals surface area contributed by atoms with Crippen molar-refractivity contribution in [2.24, 2.45) is 5.92 Å². The fourth-order valence-electron chi connectivity index (χ4n) is 3.68. The van der Waals surface area contributed by atoms with E-state index in [1.807, 2.05) is 12.3 Å². The van der Waals surface area contributed by atoms with E-state index in [2.05, 4.69) is 16.0 Å². The Morgan fingerprint density at radius 1 is 1.22 bits per heavy atom. The quantitative estimate of drug-likeness (QED) is 0.768. The summed E-state index contributed by atoms with van der Waals surface area (Å²) < 4.78 is 0. The van der Waals surface area contributed by atoms with Crippen molar-refractivity contribution < 1.29 is 0 Å². The highest BCUT2D eigenvalue weighted by molar-refractivity contribution is 6.17. The summed E-state index contributed by atoms with van der Waals surface area (Å²) in [5.74, 6) is 2.59. The number of rotatable bonds is 3. The molecule has 3 heteroatoms. The summed E-state index contributed by atoms with van der Waals surface area (Å²) in [6.45, 7) is 1.15. The molecule has 1 unspecified atom stereocenters. The maximum absolute atomic E-state index is 6.05. The molecule has 1 aromatic rings. The Kier molecular flexibility index (Phi) is 3.74. The second-order valence-electron chi connectivity index (χ2n) is 5.57. The first-order valence-electron chi connectivity index (χ1n) is 7.16. The first kappa shape index (κ1) is 12.3. The van der Waals surface area contributed by atoms with Crippen LogP contribution in [0, 0.1) is 5.92 Å². The van der Waals surface area contributed by atoms with Crippen LogP contribution in [0.3, 0.4) is 0 Å². The molecule has 2 fully saturated rings. The van der Waals surface area contributed by atoms with E-state index in [9.17, 15) is 0 Å². The monoisotopic (exact) mass is 264 g/mol. The molecule has 2 aliphatic rings. The van der Waals surface area contributed by atoms with Crippen LogP contribution < -0.4 is 4.90 Å². The van der Waals surface area contributed by atoms with Crippen molar-refractivity contribution in [2.45, 2.75) is 50.4 Å². The van der Waals surface area contributed by atoms with Crippen LogP contribution in [0.2, 0.25) is 0 Å². The topological polar surface area (TPSA) is 16.1 Å². The van der Waals surface area contributed by atoms with Gasteiger partial charge in [0.15, 0.2) is 0 Å². The molecule has 3 rings (SSSR count). The minimum absolute atomic E-state index is 0.567. The molecule has 18 heavy (non-hydrogen) atoms. The van der Waals surface area contributed by atoms with Gasteiger partial charge in [-0.3, -0.25) is 0 Å². The van der Waals surface area contributed by atoms with Crippen LogP contribution >= 0.6 is 11.6 Å². The Labute approximate surface area is 114 Å². The Morgan fingerprint density at radius 3 is 2.83 bits per heavy atom. The first-order chi connectivity index (χ1) is 8.90. The minimum Gasteiger partial charge on any atom is -0.353 e. The summed E-state index contributed by atoms with van der Waals surface area (Å²) in [6.07, 6.45) is 10.2. The maximum atomic E-state index is 6.05. The van der Waals surface area contributed by atoms with Gasteiger partial charge in [0.05, 0.1) is 5.88 Å². The Morgan fingerprint density at radius 2 is 2.06 bits per heavy atom. The van der Waals surface area contributed by atoms with E-state index in [0.29, 0.717) is 11.9 Å². The van der Waals surface area contributed by atoms with E-state index in [-0.39, 0.29) is 0 Å². The summed E-state index contributed by atoms with van der Waals surface area (Å²) in [6, 6.07) is 4.81. The number of alkyl halides is 1.